The molecule has 0 radical (unpaired) electrons. The lowest BCUT2D eigenvalue weighted by Gasteiger charge is -2.10. The second kappa shape index (κ2) is 18.3. The van der Waals surface area contributed by atoms with Crippen LogP contribution >= 0.6 is 0 Å². The van der Waals surface area contributed by atoms with Crippen molar-refractivity contribution in [3.8, 4) is 0 Å². The van der Waals surface area contributed by atoms with Crippen LogP contribution in [0.1, 0.15) is 90.9 Å². The fourth-order valence-corrected chi connectivity index (χ4v) is 2.51. The molecule has 0 aliphatic carbocycles. The lowest BCUT2D eigenvalue weighted by Crippen LogP contribution is -2.34. The molecule has 24 heavy (non-hydrogen) atoms. The molecule has 0 saturated heterocycles. The van der Waals surface area contributed by atoms with Gasteiger partial charge in [-0.25, -0.2) is 0 Å². The van der Waals surface area contributed by atoms with Gasteiger partial charge in [0.1, 0.15) is 0 Å². The van der Waals surface area contributed by atoms with Crippen LogP contribution in [0.25, 0.3) is 0 Å². The Balaban J connectivity index is 3.29. The topological polar surface area (TPSA) is 49.3 Å². The molecule has 0 rings (SSSR count). The van der Waals surface area contributed by atoms with Crippen molar-refractivity contribution in [3.63, 3.8) is 0 Å². The number of carbonyl (C=O) groups is 1. The zero-order chi connectivity index (χ0) is 17.9. The summed E-state index contributed by atoms with van der Waals surface area (Å²) in [5.41, 5.74) is 0. The summed E-state index contributed by atoms with van der Waals surface area (Å²) < 4.78 is 0. The molecule has 1 amide bonds. The summed E-state index contributed by atoms with van der Waals surface area (Å²) in [7, 11) is 0. The van der Waals surface area contributed by atoms with E-state index in [1.165, 1.54) is 57.8 Å². The highest BCUT2D eigenvalue weighted by Crippen LogP contribution is 2.09. The van der Waals surface area contributed by atoms with E-state index in [1.807, 2.05) is 6.92 Å². The molecule has 0 fully saturated rings. The SMILES string of the molecule is CCCCCC=CC=CCCCCCCCCC(=O)NC(C)CO. The van der Waals surface area contributed by atoms with Crippen LogP contribution in [-0.2, 0) is 4.79 Å². The summed E-state index contributed by atoms with van der Waals surface area (Å²) in [6.07, 6.45) is 22.9. The lowest BCUT2D eigenvalue weighted by atomic mass is 10.1. The Labute approximate surface area is 149 Å². The molecule has 0 aliphatic rings. The van der Waals surface area contributed by atoms with Gasteiger partial charge in [-0.2, -0.15) is 0 Å². The molecule has 0 aromatic rings. The first-order valence-electron chi connectivity index (χ1n) is 9.92. The van der Waals surface area contributed by atoms with Crippen LogP contribution in [-0.4, -0.2) is 23.7 Å². The van der Waals surface area contributed by atoms with Gasteiger partial charge in [0.2, 0.25) is 5.91 Å². The van der Waals surface area contributed by atoms with Crippen LogP contribution in [0.4, 0.5) is 0 Å². The second-order valence-corrected chi connectivity index (χ2v) is 6.66. The van der Waals surface area contributed by atoms with Gasteiger partial charge in [-0.1, -0.05) is 69.8 Å². The van der Waals surface area contributed by atoms with E-state index in [0.29, 0.717) is 6.42 Å². The Morgan fingerprint density at radius 2 is 1.46 bits per heavy atom. The van der Waals surface area contributed by atoms with E-state index in [-0.39, 0.29) is 18.6 Å². The summed E-state index contributed by atoms with van der Waals surface area (Å²) in [6.45, 7) is 4.06. The Hall–Kier alpha value is -1.09. The molecule has 0 heterocycles. The molecule has 1 unspecified atom stereocenters. The molecule has 140 valence electrons. The summed E-state index contributed by atoms with van der Waals surface area (Å²) in [5, 5.41) is 11.6. The molecule has 3 nitrogen and oxygen atoms in total. The molecular formula is C21H39NO2. The highest BCUT2D eigenvalue weighted by Gasteiger charge is 2.05. The Morgan fingerprint density at radius 1 is 0.917 bits per heavy atom. The zero-order valence-electron chi connectivity index (χ0n) is 15.9. The van der Waals surface area contributed by atoms with Gasteiger partial charge in [-0.15, -0.1) is 0 Å². The van der Waals surface area contributed by atoms with E-state index in [0.717, 1.165) is 12.8 Å². The second-order valence-electron chi connectivity index (χ2n) is 6.66. The minimum absolute atomic E-state index is 0.00876. The van der Waals surface area contributed by atoms with Gasteiger partial charge in [0, 0.05) is 12.5 Å². The summed E-state index contributed by atoms with van der Waals surface area (Å²) in [6, 6.07) is -0.128. The largest absolute Gasteiger partial charge is 0.394 e. The molecule has 0 aromatic heterocycles. The van der Waals surface area contributed by atoms with E-state index in [4.69, 9.17) is 5.11 Å². The van der Waals surface area contributed by atoms with Crippen LogP contribution in [0, 0.1) is 0 Å². The number of unbranched alkanes of at least 4 members (excludes halogenated alkanes) is 9. The van der Waals surface area contributed by atoms with Crippen molar-refractivity contribution in [1.82, 2.24) is 5.32 Å². The number of aliphatic hydroxyl groups excluding tert-OH is 1. The van der Waals surface area contributed by atoms with Crippen molar-refractivity contribution < 1.29 is 9.90 Å². The fraction of sp³-hybridized carbons (Fsp3) is 0.762. The van der Waals surface area contributed by atoms with Gasteiger partial charge in [-0.3, -0.25) is 4.79 Å². The zero-order valence-corrected chi connectivity index (χ0v) is 15.9. The first-order valence-corrected chi connectivity index (χ1v) is 9.92. The average Bonchev–Trinajstić information content (AvgIpc) is 2.58. The Morgan fingerprint density at radius 3 is 2.04 bits per heavy atom. The number of carbonyl (C=O) groups excluding carboxylic acids is 1. The number of aliphatic hydroxyl groups is 1. The fourth-order valence-electron chi connectivity index (χ4n) is 2.51. The summed E-state index contributed by atoms with van der Waals surface area (Å²) >= 11 is 0. The third kappa shape index (κ3) is 17.3. The predicted molar refractivity (Wildman–Crippen MR) is 104 cm³/mol. The quantitative estimate of drug-likeness (QED) is 0.297. The monoisotopic (exact) mass is 337 g/mol. The maximum absolute atomic E-state index is 11.5. The van der Waals surface area contributed by atoms with Gasteiger partial charge in [0.15, 0.2) is 0 Å². The standard InChI is InChI=1S/C21H39NO2/c1-3-4-5-6-7-8-9-10-11-12-13-14-15-16-17-18-21(24)22-20(2)19-23/h7-10,20,23H,3-6,11-19H2,1-2H3,(H,22,24). The highest BCUT2D eigenvalue weighted by atomic mass is 16.3. The summed E-state index contributed by atoms with van der Waals surface area (Å²) in [4.78, 5) is 11.5. The Bertz CT molecular complexity index is 337. The predicted octanol–water partition coefficient (Wildman–Crippen LogP) is 5.30. The maximum Gasteiger partial charge on any atom is 0.220 e. The van der Waals surface area contributed by atoms with Crippen molar-refractivity contribution >= 4 is 5.91 Å². The van der Waals surface area contributed by atoms with Gasteiger partial charge in [0.25, 0.3) is 0 Å². The molecule has 0 saturated carbocycles. The van der Waals surface area contributed by atoms with Crippen molar-refractivity contribution in [3.05, 3.63) is 24.3 Å². The number of hydrogen-bond acceptors (Lipinski definition) is 2. The van der Waals surface area contributed by atoms with E-state index in [1.54, 1.807) is 0 Å². The van der Waals surface area contributed by atoms with E-state index in [9.17, 15) is 4.79 Å². The molecule has 0 aliphatic heterocycles. The minimum Gasteiger partial charge on any atom is -0.394 e. The smallest absolute Gasteiger partial charge is 0.220 e. The third-order valence-corrected chi connectivity index (χ3v) is 4.06. The van der Waals surface area contributed by atoms with Crippen LogP contribution in [0.2, 0.25) is 0 Å². The van der Waals surface area contributed by atoms with Crippen molar-refractivity contribution in [1.29, 1.82) is 0 Å². The number of hydrogen-bond donors (Lipinski definition) is 2. The van der Waals surface area contributed by atoms with Crippen molar-refractivity contribution in [2.45, 2.75) is 96.9 Å². The molecule has 3 heteroatoms. The van der Waals surface area contributed by atoms with E-state index < -0.39 is 0 Å². The molecule has 2 N–H and O–H groups in total. The van der Waals surface area contributed by atoms with E-state index in [2.05, 4.69) is 36.5 Å². The van der Waals surface area contributed by atoms with Crippen LogP contribution in [0.3, 0.4) is 0 Å². The van der Waals surface area contributed by atoms with Gasteiger partial charge in [0.05, 0.1) is 6.61 Å². The number of allylic oxidation sites excluding steroid dienone is 4. The van der Waals surface area contributed by atoms with Gasteiger partial charge < -0.3 is 10.4 Å². The number of rotatable bonds is 16. The van der Waals surface area contributed by atoms with Crippen molar-refractivity contribution in [2.24, 2.45) is 0 Å². The molecule has 1 atom stereocenters. The first kappa shape index (κ1) is 22.9. The average molecular weight is 338 g/mol. The highest BCUT2D eigenvalue weighted by molar-refractivity contribution is 5.76. The Kier molecular flexibility index (Phi) is 17.4. The first-order chi connectivity index (χ1) is 11.7. The lowest BCUT2D eigenvalue weighted by molar-refractivity contribution is -0.122. The van der Waals surface area contributed by atoms with E-state index >= 15 is 0 Å². The van der Waals surface area contributed by atoms with Gasteiger partial charge >= 0.3 is 0 Å². The molecule has 0 aromatic carbocycles. The van der Waals surface area contributed by atoms with Crippen LogP contribution in [0.15, 0.2) is 24.3 Å². The molecular weight excluding hydrogens is 298 g/mol. The minimum atomic E-state index is -0.128. The normalized spacial score (nSPS) is 13.0. The van der Waals surface area contributed by atoms with Crippen molar-refractivity contribution in [2.75, 3.05) is 6.61 Å². The molecule has 0 spiro atoms. The summed E-state index contributed by atoms with van der Waals surface area (Å²) in [5.74, 6) is 0.0597. The van der Waals surface area contributed by atoms with Crippen LogP contribution in [0.5, 0.6) is 0 Å². The third-order valence-electron chi connectivity index (χ3n) is 4.06. The van der Waals surface area contributed by atoms with Gasteiger partial charge in [-0.05, 0) is 39.0 Å². The number of nitrogens with one attached hydrogen (secondary N) is 1. The molecule has 0 bridgehead atoms. The maximum atomic E-state index is 11.5. The number of amides is 1. The van der Waals surface area contributed by atoms with Crippen LogP contribution < -0.4 is 5.32 Å².